The Morgan fingerprint density at radius 2 is 1.70 bits per heavy atom. The molecular formula is C21H28OS. The van der Waals surface area contributed by atoms with Crippen LogP contribution in [0.5, 0.6) is 5.75 Å². The summed E-state index contributed by atoms with van der Waals surface area (Å²) in [5.74, 6) is 0.959. The lowest BCUT2D eigenvalue weighted by Gasteiger charge is -2.26. The third-order valence-electron chi connectivity index (χ3n) is 4.12. The molecule has 0 amide bonds. The van der Waals surface area contributed by atoms with E-state index in [4.69, 9.17) is 0 Å². The zero-order chi connectivity index (χ0) is 17.0. The molecule has 0 unspecified atom stereocenters. The highest BCUT2D eigenvalue weighted by atomic mass is 32.1. The van der Waals surface area contributed by atoms with Crippen LogP contribution in [0.1, 0.15) is 44.4 Å². The van der Waals surface area contributed by atoms with Crippen LogP contribution in [0.25, 0.3) is 0 Å². The fourth-order valence-corrected chi connectivity index (χ4v) is 3.38. The maximum absolute atomic E-state index is 10.0. The molecule has 0 heterocycles. The van der Waals surface area contributed by atoms with E-state index in [1.807, 2.05) is 18.2 Å². The van der Waals surface area contributed by atoms with E-state index >= 15 is 0 Å². The number of benzene rings is 2. The van der Waals surface area contributed by atoms with Crippen LogP contribution in [0.15, 0.2) is 47.4 Å². The minimum absolute atomic E-state index is 0.144. The molecular weight excluding hydrogens is 300 g/mol. The van der Waals surface area contributed by atoms with E-state index in [-0.39, 0.29) is 5.41 Å². The summed E-state index contributed by atoms with van der Waals surface area (Å²) in [5.41, 5.74) is 3.79. The molecule has 0 atom stereocenters. The molecule has 0 bridgehead atoms. The largest absolute Gasteiger partial charge is 0.508 e. The van der Waals surface area contributed by atoms with E-state index in [0.29, 0.717) is 11.7 Å². The summed E-state index contributed by atoms with van der Waals surface area (Å²) in [6, 6.07) is 14.4. The lowest BCUT2D eigenvalue weighted by Crippen LogP contribution is -2.19. The first-order valence-corrected chi connectivity index (χ1v) is 8.79. The molecule has 2 aromatic rings. The van der Waals surface area contributed by atoms with Gasteiger partial charge in [-0.15, -0.1) is 12.6 Å². The highest BCUT2D eigenvalue weighted by Crippen LogP contribution is 2.31. The fourth-order valence-electron chi connectivity index (χ4n) is 3.14. The monoisotopic (exact) mass is 328 g/mol. The molecule has 2 heteroatoms. The molecule has 0 saturated carbocycles. The van der Waals surface area contributed by atoms with E-state index in [1.165, 1.54) is 11.1 Å². The topological polar surface area (TPSA) is 20.2 Å². The molecule has 0 radical (unpaired) electrons. The Labute approximate surface area is 146 Å². The molecule has 2 rings (SSSR count). The standard InChI is InChI=1S/C21H28OS/c1-15(2)11-18-12-16(9-10-19(18)22)13-21(3,4)14-17-7-5-6-8-20(17)23/h5-10,12,15,22-23H,11,13-14H2,1-4H3. The predicted molar refractivity (Wildman–Crippen MR) is 102 cm³/mol. The first kappa shape index (κ1) is 17.9. The quantitative estimate of drug-likeness (QED) is 0.653. The minimum atomic E-state index is 0.144. The summed E-state index contributed by atoms with van der Waals surface area (Å²) < 4.78 is 0. The Morgan fingerprint density at radius 1 is 1.00 bits per heavy atom. The van der Waals surface area contributed by atoms with Crippen molar-refractivity contribution >= 4 is 12.6 Å². The average molecular weight is 329 g/mol. The van der Waals surface area contributed by atoms with Crippen LogP contribution < -0.4 is 0 Å². The van der Waals surface area contributed by atoms with Gasteiger partial charge in [0.15, 0.2) is 0 Å². The number of phenols is 1. The van der Waals surface area contributed by atoms with E-state index < -0.39 is 0 Å². The summed E-state index contributed by atoms with van der Waals surface area (Å²) in [6.45, 7) is 8.95. The molecule has 1 N–H and O–H groups in total. The summed E-state index contributed by atoms with van der Waals surface area (Å²) in [5, 5.41) is 10.0. The van der Waals surface area contributed by atoms with E-state index in [1.54, 1.807) is 0 Å². The van der Waals surface area contributed by atoms with E-state index in [2.05, 4.69) is 64.6 Å². The summed E-state index contributed by atoms with van der Waals surface area (Å²) in [6.07, 6.45) is 2.90. The molecule has 124 valence electrons. The van der Waals surface area contributed by atoms with Crippen molar-refractivity contribution in [3.63, 3.8) is 0 Å². The zero-order valence-corrected chi connectivity index (χ0v) is 15.5. The summed E-state index contributed by atoms with van der Waals surface area (Å²) in [7, 11) is 0. The maximum Gasteiger partial charge on any atom is 0.118 e. The van der Waals surface area contributed by atoms with E-state index in [9.17, 15) is 5.11 Å². The van der Waals surface area contributed by atoms with Crippen molar-refractivity contribution in [3.8, 4) is 5.75 Å². The third-order valence-corrected chi connectivity index (χ3v) is 4.55. The molecule has 0 spiro atoms. The molecule has 0 fully saturated rings. The SMILES string of the molecule is CC(C)Cc1cc(CC(C)(C)Cc2ccccc2S)ccc1O. The molecule has 0 aliphatic heterocycles. The number of thiol groups is 1. The van der Waals surface area contributed by atoms with Crippen LogP contribution >= 0.6 is 12.6 Å². The van der Waals surface area contributed by atoms with Gasteiger partial charge in [-0.2, -0.15) is 0 Å². The highest BCUT2D eigenvalue weighted by Gasteiger charge is 2.21. The van der Waals surface area contributed by atoms with Gasteiger partial charge in [0.2, 0.25) is 0 Å². The first-order chi connectivity index (χ1) is 10.8. The van der Waals surface area contributed by atoms with Crippen molar-refractivity contribution in [2.24, 2.45) is 11.3 Å². The van der Waals surface area contributed by atoms with Crippen LogP contribution in [0.3, 0.4) is 0 Å². The average Bonchev–Trinajstić information content (AvgIpc) is 2.44. The van der Waals surface area contributed by atoms with Crippen LogP contribution in [-0.2, 0) is 19.3 Å². The lowest BCUT2D eigenvalue weighted by atomic mass is 9.80. The molecule has 23 heavy (non-hydrogen) atoms. The Morgan fingerprint density at radius 3 is 2.35 bits per heavy atom. The van der Waals surface area contributed by atoms with Crippen LogP contribution in [-0.4, -0.2) is 5.11 Å². The van der Waals surface area contributed by atoms with Crippen molar-refractivity contribution in [1.82, 2.24) is 0 Å². The third kappa shape index (κ3) is 5.31. The second kappa shape index (κ2) is 7.44. The predicted octanol–water partition coefficient (Wildman–Crippen LogP) is 5.69. The fraction of sp³-hybridized carbons (Fsp3) is 0.429. The van der Waals surface area contributed by atoms with Gasteiger partial charge in [-0.1, -0.05) is 58.0 Å². The Hall–Kier alpha value is -1.41. The summed E-state index contributed by atoms with van der Waals surface area (Å²) in [4.78, 5) is 1.06. The second-order valence-electron chi connectivity index (χ2n) is 7.71. The van der Waals surface area contributed by atoms with Gasteiger partial charge in [-0.25, -0.2) is 0 Å². The van der Waals surface area contributed by atoms with Crippen molar-refractivity contribution in [3.05, 3.63) is 59.2 Å². The van der Waals surface area contributed by atoms with Gasteiger partial charge in [-0.3, -0.25) is 0 Å². The molecule has 0 aliphatic carbocycles. The molecule has 2 aromatic carbocycles. The number of phenolic OH excluding ortho intramolecular Hbond substituents is 1. The Kier molecular flexibility index (Phi) is 5.80. The van der Waals surface area contributed by atoms with Crippen molar-refractivity contribution < 1.29 is 5.11 Å². The maximum atomic E-state index is 10.0. The van der Waals surface area contributed by atoms with Gasteiger partial charge < -0.3 is 5.11 Å². The smallest absolute Gasteiger partial charge is 0.118 e. The van der Waals surface area contributed by atoms with Gasteiger partial charge >= 0.3 is 0 Å². The zero-order valence-electron chi connectivity index (χ0n) is 14.6. The van der Waals surface area contributed by atoms with Gasteiger partial charge in [0.25, 0.3) is 0 Å². The van der Waals surface area contributed by atoms with Crippen molar-refractivity contribution in [2.45, 2.75) is 51.9 Å². The Balaban J connectivity index is 2.15. The Bertz CT molecular complexity index is 659. The van der Waals surface area contributed by atoms with Crippen LogP contribution in [0, 0.1) is 11.3 Å². The van der Waals surface area contributed by atoms with Gasteiger partial charge in [0.1, 0.15) is 5.75 Å². The van der Waals surface area contributed by atoms with Crippen molar-refractivity contribution in [2.75, 3.05) is 0 Å². The van der Waals surface area contributed by atoms with Gasteiger partial charge in [-0.05, 0) is 59.4 Å². The second-order valence-corrected chi connectivity index (χ2v) is 8.19. The number of aromatic hydroxyl groups is 1. The van der Waals surface area contributed by atoms with Gasteiger partial charge in [0.05, 0.1) is 0 Å². The summed E-state index contributed by atoms with van der Waals surface area (Å²) >= 11 is 4.57. The normalized spacial score (nSPS) is 11.9. The van der Waals surface area contributed by atoms with Gasteiger partial charge in [0, 0.05) is 4.90 Å². The van der Waals surface area contributed by atoms with Crippen LogP contribution in [0.4, 0.5) is 0 Å². The first-order valence-electron chi connectivity index (χ1n) is 8.34. The molecule has 0 aliphatic rings. The molecule has 1 nitrogen and oxygen atoms in total. The lowest BCUT2D eigenvalue weighted by molar-refractivity contribution is 0.358. The highest BCUT2D eigenvalue weighted by molar-refractivity contribution is 7.80. The minimum Gasteiger partial charge on any atom is -0.508 e. The van der Waals surface area contributed by atoms with Crippen LogP contribution in [0.2, 0.25) is 0 Å². The molecule has 0 saturated heterocycles. The van der Waals surface area contributed by atoms with Crippen molar-refractivity contribution in [1.29, 1.82) is 0 Å². The molecule has 0 aromatic heterocycles. The van der Waals surface area contributed by atoms with E-state index in [0.717, 1.165) is 29.7 Å². The number of hydrogen-bond donors (Lipinski definition) is 2. The number of hydrogen-bond acceptors (Lipinski definition) is 2. The number of rotatable bonds is 6.